The molecule has 0 bridgehead atoms. The number of anilines is 1. The molecule has 0 saturated heterocycles. The van der Waals surface area contributed by atoms with Crippen LogP contribution in [0.15, 0.2) is 24.7 Å². The van der Waals surface area contributed by atoms with Gasteiger partial charge in [0.05, 0.1) is 5.56 Å². The van der Waals surface area contributed by atoms with Crippen LogP contribution in [0.25, 0.3) is 0 Å². The largest absolute Gasteiger partial charge is 0.384 e. The summed E-state index contributed by atoms with van der Waals surface area (Å²) in [5, 5.41) is 15.1. The number of aliphatic hydroxyl groups excluding tert-OH is 1. The highest BCUT2D eigenvalue weighted by atomic mass is 16.2. The number of aliphatic hydroxyl groups is 1. The van der Waals surface area contributed by atoms with Gasteiger partial charge in [-0.2, -0.15) is 10.1 Å². The molecule has 19 heavy (non-hydrogen) atoms. The Bertz CT molecular complexity index is 653. The molecule has 2 aromatic rings. The van der Waals surface area contributed by atoms with Gasteiger partial charge in [-0.3, -0.25) is 10.1 Å². The Balaban J connectivity index is 2.26. The minimum absolute atomic E-state index is 0.173. The Kier molecular flexibility index (Phi) is 3.85. The summed E-state index contributed by atoms with van der Waals surface area (Å²) in [5.41, 5.74) is 0.614. The molecule has 1 amide bonds. The molecule has 96 valence electrons. The van der Waals surface area contributed by atoms with Crippen molar-refractivity contribution in [3.8, 4) is 11.8 Å². The van der Waals surface area contributed by atoms with Gasteiger partial charge in [-0.05, 0) is 12.1 Å². The second kappa shape index (κ2) is 5.75. The summed E-state index contributed by atoms with van der Waals surface area (Å²) >= 11 is 0. The Morgan fingerprint density at radius 1 is 1.53 bits per heavy atom. The Morgan fingerprint density at radius 2 is 2.37 bits per heavy atom. The first-order valence-electron chi connectivity index (χ1n) is 5.42. The fourth-order valence-corrected chi connectivity index (χ4v) is 1.39. The molecular formula is C12H11N5O2. The monoisotopic (exact) mass is 257 g/mol. The lowest BCUT2D eigenvalue weighted by molar-refractivity contribution is 0.102. The second-order valence-corrected chi connectivity index (χ2v) is 3.52. The van der Waals surface area contributed by atoms with Gasteiger partial charge >= 0.3 is 0 Å². The van der Waals surface area contributed by atoms with Crippen molar-refractivity contribution in [1.82, 2.24) is 19.7 Å². The van der Waals surface area contributed by atoms with E-state index in [-0.39, 0.29) is 12.3 Å². The van der Waals surface area contributed by atoms with Gasteiger partial charge in [0.2, 0.25) is 5.95 Å². The van der Waals surface area contributed by atoms with Gasteiger partial charge in [0.25, 0.3) is 5.91 Å². The molecule has 0 aliphatic carbocycles. The highest BCUT2D eigenvalue weighted by Crippen LogP contribution is 2.07. The number of hydrogen-bond donors (Lipinski definition) is 2. The lowest BCUT2D eigenvalue weighted by atomic mass is 10.2. The standard InChI is InChI=1S/C12H11N5O2/c1-17-12(14-8-15-17)16-11(19)10-9(5-3-7-18)4-2-6-13-10/h2,4,6,8,18H,7H2,1H3,(H,14,15,16,19). The fourth-order valence-electron chi connectivity index (χ4n) is 1.39. The van der Waals surface area contributed by atoms with Crippen LogP contribution in [0.2, 0.25) is 0 Å². The number of carbonyl (C=O) groups excluding carboxylic acids is 1. The molecule has 0 fully saturated rings. The zero-order valence-electron chi connectivity index (χ0n) is 10.2. The van der Waals surface area contributed by atoms with E-state index in [1.807, 2.05) is 0 Å². The molecule has 7 heteroatoms. The topological polar surface area (TPSA) is 92.9 Å². The van der Waals surface area contributed by atoms with Gasteiger partial charge in [-0.1, -0.05) is 11.8 Å². The number of rotatable bonds is 2. The van der Waals surface area contributed by atoms with Crippen molar-refractivity contribution in [2.24, 2.45) is 7.05 Å². The highest BCUT2D eigenvalue weighted by Gasteiger charge is 2.13. The van der Waals surface area contributed by atoms with Crippen LogP contribution in [0.1, 0.15) is 16.1 Å². The van der Waals surface area contributed by atoms with Crippen molar-refractivity contribution in [1.29, 1.82) is 0 Å². The third-order valence-corrected chi connectivity index (χ3v) is 2.26. The van der Waals surface area contributed by atoms with Crippen LogP contribution < -0.4 is 5.32 Å². The molecule has 2 aromatic heterocycles. The van der Waals surface area contributed by atoms with E-state index in [2.05, 4.69) is 32.2 Å². The van der Waals surface area contributed by atoms with E-state index in [1.54, 1.807) is 19.2 Å². The zero-order valence-corrected chi connectivity index (χ0v) is 10.2. The van der Waals surface area contributed by atoms with Crippen molar-refractivity contribution in [3.63, 3.8) is 0 Å². The summed E-state index contributed by atoms with van der Waals surface area (Å²) in [5.74, 6) is 5.04. The number of aryl methyl sites for hydroxylation is 1. The fraction of sp³-hybridized carbons (Fsp3) is 0.167. The maximum atomic E-state index is 12.1. The van der Waals surface area contributed by atoms with Crippen LogP contribution >= 0.6 is 0 Å². The van der Waals surface area contributed by atoms with Crippen molar-refractivity contribution in [2.45, 2.75) is 0 Å². The smallest absolute Gasteiger partial charge is 0.277 e. The third-order valence-electron chi connectivity index (χ3n) is 2.26. The average molecular weight is 257 g/mol. The predicted octanol–water partition coefficient (Wildman–Crippen LogP) is -0.194. The van der Waals surface area contributed by atoms with E-state index in [9.17, 15) is 4.79 Å². The lowest BCUT2D eigenvalue weighted by Gasteiger charge is -2.04. The third kappa shape index (κ3) is 2.94. The molecule has 2 N–H and O–H groups in total. The van der Waals surface area contributed by atoms with Crippen molar-refractivity contribution >= 4 is 11.9 Å². The van der Waals surface area contributed by atoms with Crippen LogP contribution in [-0.4, -0.2) is 37.4 Å². The molecule has 0 unspecified atom stereocenters. The summed E-state index contributed by atoms with van der Waals surface area (Å²) in [6, 6.07) is 3.32. The normalized spacial score (nSPS) is 9.58. The minimum atomic E-state index is -0.432. The number of nitrogens with one attached hydrogen (secondary N) is 1. The number of hydrogen-bond acceptors (Lipinski definition) is 5. The van der Waals surface area contributed by atoms with E-state index < -0.39 is 5.91 Å². The summed E-state index contributed by atoms with van der Waals surface area (Å²) in [6.07, 6.45) is 2.83. The SMILES string of the molecule is Cn1ncnc1NC(=O)c1ncccc1C#CCO. The van der Waals surface area contributed by atoms with Crippen LogP contribution in [0.3, 0.4) is 0 Å². The minimum Gasteiger partial charge on any atom is -0.384 e. The molecule has 2 heterocycles. The van der Waals surface area contributed by atoms with E-state index in [0.717, 1.165) is 0 Å². The first-order chi connectivity index (χ1) is 9.22. The lowest BCUT2D eigenvalue weighted by Crippen LogP contribution is -2.18. The maximum absolute atomic E-state index is 12.1. The Labute approximate surface area is 109 Å². The quantitative estimate of drug-likeness (QED) is 0.727. The van der Waals surface area contributed by atoms with Gasteiger partial charge in [-0.25, -0.2) is 9.67 Å². The summed E-state index contributed by atoms with van der Waals surface area (Å²) in [7, 11) is 1.66. The summed E-state index contributed by atoms with van der Waals surface area (Å²) in [6.45, 7) is -0.279. The number of aromatic nitrogens is 4. The van der Waals surface area contributed by atoms with Gasteiger partial charge < -0.3 is 5.11 Å². The first-order valence-corrected chi connectivity index (χ1v) is 5.42. The number of amides is 1. The molecule has 0 saturated carbocycles. The number of carbonyl (C=O) groups is 1. The van der Waals surface area contributed by atoms with Gasteiger partial charge in [0.1, 0.15) is 18.6 Å². The highest BCUT2D eigenvalue weighted by molar-refractivity contribution is 6.03. The van der Waals surface area contributed by atoms with Crippen molar-refractivity contribution in [3.05, 3.63) is 35.9 Å². The van der Waals surface area contributed by atoms with Gasteiger partial charge in [-0.15, -0.1) is 0 Å². The Hall–Kier alpha value is -2.72. The zero-order chi connectivity index (χ0) is 13.7. The first kappa shape index (κ1) is 12.7. The predicted molar refractivity (Wildman–Crippen MR) is 67.2 cm³/mol. The second-order valence-electron chi connectivity index (χ2n) is 3.52. The van der Waals surface area contributed by atoms with Crippen LogP contribution in [0.5, 0.6) is 0 Å². The van der Waals surface area contributed by atoms with E-state index in [1.165, 1.54) is 17.2 Å². The van der Waals surface area contributed by atoms with Crippen LogP contribution in [-0.2, 0) is 7.05 Å². The summed E-state index contributed by atoms with van der Waals surface area (Å²) in [4.78, 5) is 19.9. The molecule has 0 aliphatic rings. The van der Waals surface area contributed by atoms with E-state index in [4.69, 9.17) is 5.11 Å². The molecule has 0 radical (unpaired) electrons. The van der Waals surface area contributed by atoms with Crippen molar-refractivity contribution in [2.75, 3.05) is 11.9 Å². The Morgan fingerprint density at radius 3 is 3.05 bits per heavy atom. The molecular weight excluding hydrogens is 246 g/mol. The number of nitrogens with zero attached hydrogens (tertiary/aromatic N) is 4. The molecule has 2 rings (SSSR count). The number of pyridine rings is 1. The molecule has 7 nitrogen and oxygen atoms in total. The average Bonchev–Trinajstić information content (AvgIpc) is 2.82. The molecule has 0 aliphatic heterocycles. The maximum Gasteiger partial charge on any atom is 0.277 e. The van der Waals surface area contributed by atoms with E-state index in [0.29, 0.717) is 11.5 Å². The van der Waals surface area contributed by atoms with E-state index >= 15 is 0 Å². The van der Waals surface area contributed by atoms with Crippen molar-refractivity contribution < 1.29 is 9.90 Å². The van der Waals surface area contributed by atoms with Gasteiger partial charge in [0.15, 0.2) is 0 Å². The molecule has 0 aromatic carbocycles. The summed E-state index contributed by atoms with van der Waals surface area (Å²) < 4.78 is 1.43. The van der Waals surface area contributed by atoms with Gasteiger partial charge in [0, 0.05) is 13.2 Å². The van der Waals surface area contributed by atoms with Crippen LogP contribution in [0.4, 0.5) is 5.95 Å². The van der Waals surface area contributed by atoms with Crippen LogP contribution in [0, 0.1) is 11.8 Å². The molecule has 0 atom stereocenters. The molecule has 0 spiro atoms.